The summed E-state index contributed by atoms with van der Waals surface area (Å²) in [5.74, 6) is 2.49. The molecule has 0 aliphatic carbocycles. The molecule has 0 aromatic carbocycles. The Morgan fingerprint density at radius 1 is 1.31 bits per heavy atom. The SMILES string of the molecule is CCCSCCN(C)Cc1cccc(C)n1. The Hall–Kier alpha value is -0.540. The molecule has 0 N–H and O–H groups in total. The van der Waals surface area contributed by atoms with Crippen LogP contribution < -0.4 is 0 Å². The minimum Gasteiger partial charge on any atom is -0.300 e. The van der Waals surface area contributed by atoms with Crippen molar-refractivity contribution in [2.75, 3.05) is 25.1 Å². The molecular weight excluding hydrogens is 216 g/mol. The van der Waals surface area contributed by atoms with Gasteiger partial charge in [-0.1, -0.05) is 13.0 Å². The monoisotopic (exact) mass is 238 g/mol. The van der Waals surface area contributed by atoms with Crippen molar-refractivity contribution in [3.63, 3.8) is 0 Å². The van der Waals surface area contributed by atoms with E-state index >= 15 is 0 Å². The van der Waals surface area contributed by atoms with Gasteiger partial charge in [-0.3, -0.25) is 9.88 Å². The molecule has 0 saturated heterocycles. The molecule has 0 aliphatic heterocycles. The lowest BCUT2D eigenvalue weighted by Gasteiger charge is -2.15. The first-order chi connectivity index (χ1) is 7.72. The van der Waals surface area contributed by atoms with Gasteiger partial charge in [0.2, 0.25) is 0 Å². The van der Waals surface area contributed by atoms with Crippen molar-refractivity contribution >= 4 is 11.8 Å². The number of rotatable bonds is 7. The normalized spacial score (nSPS) is 11.0. The van der Waals surface area contributed by atoms with Crippen LogP contribution in [0.3, 0.4) is 0 Å². The molecule has 0 bridgehead atoms. The maximum absolute atomic E-state index is 4.51. The Labute approximate surface area is 103 Å². The van der Waals surface area contributed by atoms with E-state index in [0.29, 0.717) is 0 Å². The Kier molecular flexibility index (Phi) is 6.50. The zero-order chi connectivity index (χ0) is 11.8. The topological polar surface area (TPSA) is 16.1 Å². The van der Waals surface area contributed by atoms with Crippen LogP contribution in [0.1, 0.15) is 24.7 Å². The summed E-state index contributed by atoms with van der Waals surface area (Å²) in [6.07, 6.45) is 1.27. The maximum Gasteiger partial charge on any atom is 0.0547 e. The zero-order valence-electron chi connectivity index (χ0n) is 10.6. The minimum absolute atomic E-state index is 0.953. The number of nitrogens with zero attached hydrogens (tertiary/aromatic N) is 2. The number of thioether (sulfide) groups is 1. The van der Waals surface area contributed by atoms with Crippen LogP contribution in [0.15, 0.2) is 18.2 Å². The van der Waals surface area contributed by atoms with E-state index in [0.717, 1.165) is 18.8 Å². The molecule has 0 radical (unpaired) electrons. The van der Waals surface area contributed by atoms with Gasteiger partial charge in [0.25, 0.3) is 0 Å². The fraction of sp³-hybridized carbons (Fsp3) is 0.615. The minimum atomic E-state index is 0.953. The van der Waals surface area contributed by atoms with Crippen LogP contribution in [0.5, 0.6) is 0 Å². The number of aryl methyl sites for hydroxylation is 1. The molecule has 90 valence electrons. The molecule has 0 fully saturated rings. The van der Waals surface area contributed by atoms with Gasteiger partial charge < -0.3 is 0 Å². The van der Waals surface area contributed by atoms with Crippen molar-refractivity contribution in [1.82, 2.24) is 9.88 Å². The number of aromatic nitrogens is 1. The quantitative estimate of drug-likeness (QED) is 0.679. The molecular formula is C13H22N2S. The lowest BCUT2D eigenvalue weighted by molar-refractivity contribution is 0.344. The fourth-order valence-corrected chi connectivity index (χ4v) is 2.44. The summed E-state index contributed by atoms with van der Waals surface area (Å²) in [7, 11) is 2.16. The van der Waals surface area contributed by atoms with Crippen molar-refractivity contribution in [2.45, 2.75) is 26.8 Å². The lowest BCUT2D eigenvalue weighted by atomic mass is 10.3. The molecule has 0 aliphatic rings. The average molecular weight is 238 g/mol. The Bertz CT molecular complexity index is 302. The summed E-state index contributed by atoms with van der Waals surface area (Å²) in [6, 6.07) is 6.22. The van der Waals surface area contributed by atoms with Gasteiger partial charge in [0.1, 0.15) is 0 Å². The number of hydrogen-bond donors (Lipinski definition) is 0. The predicted octanol–water partition coefficient (Wildman–Crippen LogP) is 2.97. The van der Waals surface area contributed by atoms with Gasteiger partial charge in [0, 0.05) is 24.5 Å². The molecule has 1 aromatic heterocycles. The third kappa shape index (κ3) is 5.52. The highest BCUT2D eigenvalue weighted by Gasteiger charge is 2.01. The highest BCUT2D eigenvalue weighted by molar-refractivity contribution is 7.99. The second-order valence-corrected chi connectivity index (χ2v) is 5.35. The van der Waals surface area contributed by atoms with Crippen LogP contribution in [0, 0.1) is 6.92 Å². The van der Waals surface area contributed by atoms with Gasteiger partial charge in [-0.2, -0.15) is 11.8 Å². The summed E-state index contributed by atoms with van der Waals surface area (Å²) in [6.45, 7) is 6.36. The van der Waals surface area contributed by atoms with E-state index in [9.17, 15) is 0 Å². The maximum atomic E-state index is 4.51. The lowest BCUT2D eigenvalue weighted by Crippen LogP contribution is -2.21. The molecule has 0 saturated carbocycles. The van der Waals surface area contributed by atoms with Crippen molar-refractivity contribution < 1.29 is 0 Å². The van der Waals surface area contributed by atoms with E-state index in [1.165, 1.54) is 23.6 Å². The Balaban J connectivity index is 2.25. The summed E-state index contributed by atoms with van der Waals surface area (Å²) >= 11 is 2.03. The number of pyridine rings is 1. The standard InChI is InChI=1S/C13H22N2S/c1-4-9-16-10-8-15(3)11-13-7-5-6-12(2)14-13/h5-7H,4,8-11H2,1-3H3. The molecule has 16 heavy (non-hydrogen) atoms. The third-order valence-corrected chi connectivity index (χ3v) is 3.51. The second kappa shape index (κ2) is 7.69. The predicted molar refractivity (Wildman–Crippen MR) is 72.9 cm³/mol. The van der Waals surface area contributed by atoms with E-state index in [2.05, 4.69) is 36.0 Å². The number of hydrogen-bond acceptors (Lipinski definition) is 3. The van der Waals surface area contributed by atoms with Crippen LogP contribution >= 0.6 is 11.8 Å². The first-order valence-electron chi connectivity index (χ1n) is 5.91. The van der Waals surface area contributed by atoms with Gasteiger partial charge in [0.05, 0.1) is 5.69 Å². The van der Waals surface area contributed by atoms with E-state index in [4.69, 9.17) is 0 Å². The smallest absolute Gasteiger partial charge is 0.0547 e. The van der Waals surface area contributed by atoms with Crippen LogP contribution in [0.2, 0.25) is 0 Å². The van der Waals surface area contributed by atoms with Crippen LogP contribution in [0.25, 0.3) is 0 Å². The molecule has 1 heterocycles. The van der Waals surface area contributed by atoms with E-state index < -0.39 is 0 Å². The second-order valence-electron chi connectivity index (χ2n) is 4.12. The average Bonchev–Trinajstić information content (AvgIpc) is 2.24. The van der Waals surface area contributed by atoms with Crippen molar-refractivity contribution in [3.05, 3.63) is 29.6 Å². The summed E-state index contributed by atoms with van der Waals surface area (Å²) in [4.78, 5) is 6.85. The molecule has 0 amide bonds. The fourth-order valence-electron chi connectivity index (χ4n) is 1.51. The molecule has 0 unspecified atom stereocenters. The largest absolute Gasteiger partial charge is 0.300 e. The third-order valence-electron chi connectivity index (χ3n) is 2.34. The van der Waals surface area contributed by atoms with Gasteiger partial charge >= 0.3 is 0 Å². The van der Waals surface area contributed by atoms with Crippen molar-refractivity contribution in [3.8, 4) is 0 Å². The highest BCUT2D eigenvalue weighted by Crippen LogP contribution is 2.05. The Morgan fingerprint density at radius 2 is 2.12 bits per heavy atom. The summed E-state index contributed by atoms with van der Waals surface area (Å²) in [5, 5.41) is 0. The molecule has 0 atom stereocenters. The molecule has 1 aromatic rings. The zero-order valence-corrected chi connectivity index (χ0v) is 11.4. The van der Waals surface area contributed by atoms with E-state index in [1.807, 2.05) is 24.8 Å². The first kappa shape index (κ1) is 13.5. The van der Waals surface area contributed by atoms with Gasteiger partial charge in [0.15, 0.2) is 0 Å². The summed E-state index contributed by atoms with van der Waals surface area (Å²) in [5.41, 5.74) is 2.27. The van der Waals surface area contributed by atoms with Gasteiger partial charge in [-0.05, 0) is 38.3 Å². The van der Waals surface area contributed by atoms with Gasteiger partial charge in [-0.25, -0.2) is 0 Å². The molecule has 3 heteroatoms. The van der Waals surface area contributed by atoms with E-state index in [1.54, 1.807) is 0 Å². The van der Waals surface area contributed by atoms with E-state index in [-0.39, 0.29) is 0 Å². The first-order valence-corrected chi connectivity index (χ1v) is 7.06. The van der Waals surface area contributed by atoms with Crippen LogP contribution in [0.4, 0.5) is 0 Å². The molecule has 2 nitrogen and oxygen atoms in total. The van der Waals surface area contributed by atoms with Crippen LogP contribution in [-0.2, 0) is 6.54 Å². The van der Waals surface area contributed by atoms with Crippen molar-refractivity contribution in [1.29, 1.82) is 0 Å². The van der Waals surface area contributed by atoms with Crippen molar-refractivity contribution in [2.24, 2.45) is 0 Å². The molecule has 0 spiro atoms. The summed E-state index contributed by atoms with van der Waals surface area (Å²) < 4.78 is 0. The Morgan fingerprint density at radius 3 is 2.81 bits per heavy atom. The highest BCUT2D eigenvalue weighted by atomic mass is 32.2. The van der Waals surface area contributed by atoms with Crippen LogP contribution in [-0.4, -0.2) is 35.0 Å². The van der Waals surface area contributed by atoms with Gasteiger partial charge in [-0.15, -0.1) is 0 Å². The molecule has 1 rings (SSSR count).